The summed E-state index contributed by atoms with van der Waals surface area (Å²) >= 11 is 0. The largest absolute Gasteiger partial charge is 0.377 e. The Kier molecular flexibility index (Phi) is 7.30. The lowest BCUT2D eigenvalue weighted by atomic mass is 9.51. The zero-order valence-electron chi connectivity index (χ0n) is 25.7. The van der Waals surface area contributed by atoms with Crippen molar-refractivity contribution in [3.8, 4) is 11.8 Å². The van der Waals surface area contributed by atoms with Gasteiger partial charge in [0, 0.05) is 36.1 Å². The van der Waals surface area contributed by atoms with E-state index in [1.807, 2.05) is 44.3 Å². The van der Waals surface area contributed by atoms with E-state index in [1.54, 1.807) is 4.90 Å². The van der Waals surface area contributed by atoms with E-state index in [9.17, 15) is 14.7 Å². The summed E-state index contributed by atoms with van der Waals surface area (Å²) in [6.07, 6.45) is 7.79. The van der Waals surface area contributed by atoms with E-state index in [0.717, 1.165) is 37.8 Å². The number of amides is 1. The summed E-state index contributed by atoms with van der Waals surface area (Å²) in [6, 6.07) is 16.4. The molecule has 0 unspecified atom stereocenters. The molecule has 5 atom stereocenters. The standard InChI is InChI=1S/C38H43NO3/c1-6-20-38(42)21-19-34-32-17-13-28-22-30(40)16-18-31(28)35(32)33(23-37(34,38)4)26-11-14-29(15-12-26)39(5)36(41)27-9-7-25(8-10-27)24(2)3/h7-12,14-15,22,24,32-34,42H,13,16-19,21,23H2,1-5H3/t32-,33+,34-,37-,38-/m0/s1. The van der Waals surface area contributed by atoms with Crippen molar-refractivity contribution < 1.29 is 14.7 Å². The van der Waals surface area contributed by atoms with E-state index >= 15 is 0 Å². The number of anilines is 1. The van der Waals surface area contributed by atoms with Crippen LogP contribution in [0.15, 0.2) is 71.3 Å². The van der Waals surface area contributed by atoms with E-state index in [-0.39, 0.29) is 23.0 Å². The number of ketones is 1. The fourth-order valence-electron chi connectivity index (χ4n) is 8.63. The summed E-state index contributed by atoms with van der Waals surface area (Å²) in [5.74, 6) is 7.83. The predicted octanol–water partition coefficient (Wildman–Crippen LogP) is 7.74. The SMILES string of the molecule is CC#C[C@]1(O)CC[C@H]2[C@@H]3CCC4=CC(=O)CCC4=C3[C@@H](c3ccc(N(C)C(=O)c4ccc(C(C)C)cc4)cc3)C[C@@]21C. The Hall–Kier alpha value is -3.42. The lowest BCUT2D eigenvalue weighted by molar-refractivity contribution is -0.114. The molecule has 6 rings (SSSR count). The van der Waals surface area contributed by atoms with E-state index in [1.165, 1.54) is 27.8 Å². The van der Waals surface area contributed by atoms with E-state index < -0.39 is 5.60 Å². The van der Waals surface area contributed by atoms with Crippen LogP contribution in [0.5, 0.6) is 0 Å². The third-order valence-electron chi connectivity index (χ3n) is 11.0. The van der Waals surface area contributed by atoms with Gasteiger partial charge in [-0.3, -0.25) is 9.59 Å². The molecule has 0 heterocycles. The molecule has 4 aliphatic rings. The van der Waals surface area contributed by atoms with Gasteiger partial charge in [-0.05, 0) is 116 Å². The summed E-state index contributed by atoms with van der Waals surface area (Å²) in [5.41, 5.74) is 6.80. The highest BCUT2D eigenvalue weighted by Crippen LogP contribution is 2.66. The molecule has 0 spiro atoms. The highest BCUT2D eigenvalue weighted by atomic mass is 16.3. The van der Waals surface area contributed by atoms with E-state index in [2.05, 4.69) is 56.9 Å². The maximum Gasteiger partial charge on any atom is 0.258 e. The van der Waals surface area contributed by atoms with Crippen molar-refractivity contribution in [1.29, 1.82) is 0 Å². The van der Waals surface area contributed by atoms with Gasteiger partial charge in [-0.15, -0.1) is 5.92 Å². The monoisotopic (exact) mass is 561 g/mol. The Balaban J connectivity index is 1.36. The molecule has 42 heavy (non-hydrogen) atoms. The van der Waals surface area contributed by atoms with Gasteiger partial charge in [0.05, 0.1) is 0 Å². The number of nitrogens with zero attached hydrogens (tertiary/aromatic N) is 1. The zero-order chi connectivity index (χ0) is 29.8. The third kappa shape index (κ3) is 4.58. The van der Waals surface area contributed by atoms with Gasteiger partial charge in [-0.2, -0.15) is 0 Å². The molecule has 1 N–H and O–H groups in total. The second kappa shape index (κ2) is 10.7. The van der Waals surface area contributed by atoms with Crippen molar-refractivity contribution in [2.75, 3.05) is 11.9 Å². The van der Waals surface area contributed by atoms with Crippen LogP contribution in [0.1, 0.15) is 106 Å². The molecule has 0 aromatic heterocycles. The first-order valence-corrected chi connectivity index (χ1v) is 15.7. The molecule has 2 saturated carbocycles. The quantitative estimate of drug-likeness (QED) is 0.389. The molecule has 0 bridgehead atoms. The van der Waals surface area contributed by atoms with Gasteiger partial charge in [0.25, 0.3) is 5.91 Å². The number of carbonyl (C=O) groups excluding carboxylic acids is 2. The van der Waals surface area contributed by atoms with Gasteiger partial charge in [0.2, 0.25) is 0 Å². The van der Waals surface area contributed by atoms with Gasteiger partial charge in [-0.25, -0.2) is 0 Å². The second-order valence-electron chi connectivity index (χ2n) is 13.5. The maximum atomic E-state index is 13.3. The molecule has 0 saturated heterocycles. The molecule has 2 aromatic rings. The Morgan fingerprint density at radius 1 is 1.02 bits per heavy atom. The number of rotatable bonds is 4. The van der Waals surface area contributed by atoms with Crippen LogP contribution >= 0.6 is 0 Å². The molecule has 218 valence electrons. The van der Waals surface area contributed by atoms with Crippen molar-refractivity contribution in [2.45, 2.75) is 90.1 Å². The van der Waals surface area contributed by atoms with Gasteiger partial charge in [0.15, 0.2) is 5.78 Å². The predicted molar refractivity (Wildman–Crippen MR) is 168 cm³/mol. The Bertz CT molecular complexity index is 1530. The zero-order valence-corrected chi connectivity index (χ0v) is 25.7. The van der Waals surface area contributed by atoms with Crippen LogP contribution < -0.4 is 4.90 Å². The average Bonchev–Trinajstić information content (AvgIpc) is 3.25. The molecule has 4 nitrogen and oxygen atoms in total. The molecule has 1 amide bonds. The number of hydrogen-bond donors (Lipinski definition) is 1. The topological polar surface area (TPSA) is 57.6 Å². The van der Waals surface area contributed by atoms with Crippen LogP contribution in [0, 0.1) is 29.1 Å². The first-order chi connectivity index (χ1) is 20.1. The van der Waals surface area contributed by atoms with Gasteiger partial charge in [0.1, 0.15) is 5.60 Å². The maximum absolute atomic E-state index is 13.3. The summed E-state index contributed by atoms with van der Waals surface area (Å²) in [6.45, 7) is 8.40. The van der Waals surface area contributed by atoms with Crippen molar-refractivity contribution in [1.82, 2.24) is 0 Å². The molecular weight excluding hydrogens is 518 g/mol. The van der Waals surface area contributed by atoms with E-state index in [4.69, 9.17) is 0 Å². The average molecular weight is 562 g/mol. The fourth-order valence-corrected chi connectivity index (χ4v) is 8.63. The lowest BCUT2D eigenvalue weighted by Gasteiger charge is -2.53. The van der Waals surface area contributed by atoms with Crippen molar-refractivity contribution in [3.63, 3.8) is 0 Å². The highest BCUT2D eigenvalue weighted by Gasteiger charge is 2.62. The Morgan fingerprint density at radius 3 is 2.40 bits per heavy atom. The summed E-state index contributed by atoms with van der Waals surface area (Å²) < 4.78 is 0. The molecule has 2 fully saturated rings. The number of carbonyl (C=O) groups is 2. The number of benzene rings is 2. The van der Waals surface area contributed by atoms with Crippen molar-refractivity contribution >= 4 is 17.4 Å². The normalized spacial score (nSPS) is 30.1. The number of hydrogen-bond acceptors (Lipinski definition) is 3. The minimum Gasteiger partial charge on any atom is -0.377 e. The van der Waals surface area contributed by atoms with Gasteiger partial charge in [-0.1, -0.05) is 56.5 Å². The van der Waals surface area contributed by atoms with E-state index in [0.29, 0.717) is 36.2 Å². The smallest absolute Gasteiger partial charge is 0.258 e. The number of allylic oxidation sites excluding steroid dienone is 4. The van der Waals surface area contributed by atoms with Crippen LogP contribution in [0.3, 0.4) is 0 Å². The second-order valence-corrected chi connectivity index (χ2v) is 13.5. The van der Waals surface area contributed by atoms with Crippen molar-refractivity contribution in [3.05, 3.63) is 88.0 Å². The van der Waals surface area contributed by atoms with Crippen LogP contribution in [-0.2, 0) is 4.79 Å². The minimum atomic E-state index is -0.989. The molecule has 0 radical (unpaired) electrons. The van der Waals surface area contributed by atoms with Crippen LogP contribution in [0.2, 0.25) is 0 Å². The molecule has 4 aliphatic carbocycles. The first-order valence-electron chi connectivity index (χ1n) is 15.7. The van der Waals surface area contributed by atoms with Crippen LogP contribution in [-0.4, -0.2) is 29.4 Å². The molecule has 2 aromatic carbocycles. The first kappa shape index (κ1) is 28.7. The summed E-state index contributed by atoms with van der Waals surface area (Å²) in [7, 11) is 1.83. The number of fused-ring (bicyclic) bond motifs is 4. The summed E-state index contributed by atoms with van der Waals surface area (Å²) in [5, 5.41) is 11.9. The lowest BCUT2D eigenvalue weighted by Crippen LogP contribution is -2.51. The molecule has 4 heteroatoms. The van der Waals surface area contributed by atoms with Crippen LogP contribution in [0.4, 0.5) is 5.69 Å². The fraction of sp³-hybridized carbons (Fsp3) is 0.474. The van der Waals surface area contributed by atoms with Gasteiger partial charge < -0.3 is 10.0 Å². The highest BCUT2D eigenvalue weighted by molar-refractivity contribution is 6.05. The molecular formula is C38H43NO3. The third-order valence-corrected chi connectivity index (χ3v) is 11.0. The van der Waals surface area contributed by atoms with Crippen LogP contribution in [0.25, 0.3) is 0 Å². The molecule has 0 aliphatic heterocycles. The van der Waals surface area contributed by atoms with Gasteiger partial charge >= 0.3 is 0 Å². The summed E-state index contributed by atoms with van der Waals surface area (Å²) in [4.78, 5) is 27.4. The number of aliphatic hydroxyl groups is 1. The van der Waals surface area contributed by atoms with Crippen molar-refractivity contribution in [2.24, 2.45) is 17.3 Å². The minimum absolute atomic E-state index is 0.0286. The Morgan fingerprint density at radius 2 is 1.74 bits per heavy atom. The Labute approximate surface area is 250 Å².